The van der Waals surface area contributed by atoms with E-state index in [1.807, 2.05) is 6.07 Å². The Labute approximate surface area is 117 Å². The number of nitrogens with two attached hydrogens (primary N) is 1. The van der Waals surface area contributed by atoms with Crippen molar-refractivity contribution in [3.8, 4) is 12.3 Å². The molecule has 5 heteroatoms. The number of carbonyl (C=O) groups excluding carboxylic acids is 1. The van der Waals surface area contributed by atoms with Gasteiger partial charge in [0.2, 0.25) is 5.91 Å². The van der Waals surface area contributed by atoms with E-state index in [0.717, 1.165) is 8.95 Å². The van der Waals surface area contributed by atoms with Gasteiger partial charge in [-0.3, -0.25) is 4.79 Å². The summed E-state index contributed by atoms with van der Waals surface area (Å²) in [6.45, 7) is 0.535. The topological polar surface area (TPSA) is 46.3 Å². The van der Waals surface area contributed by atoms with E-state index in [4.69, 9.17) is 12.2 Å². The van der Waals surface area contributed by atoms with Crippen LogP contribution in [0.1, 0.15) is 6.42 Å². The highest BCUT2D eigenvalue weighted by Gasteiger charge is 2.30. The fourth-order valence-corrected chi connectivity index (χ4v) is 2.53. The van der Waals surface area contributed by atoms with Crippen molar-refractivity contribution in [3.63, 3.8) is 0 Å². The second kappa shape index (κ2) is 4.71. The monoisotopic (exact) mass is 356 g/mol. The van der Waals surface area contributed by atoms with Gasteiger partial charge >= 0.3 is 0 Å². The summed E-state index contributed by atoms with van der Waals surface area (Å²) in [4.78, 5) is 13.5. The van der Waals surface area contributed by atoms with Crippen molar-refractivity contribution in [2.75, 3.05) is 17.2 Å². The fourth-order valence-electron chi connectivity index (χ4n) is 1.84. The number of hydrogen-bond acceptors (Lipinski definition) is 2. The number of terminal acetylenes is 1. The van der Waals surface area contributed by atoms with Crippen LogP contribution in [0.2, 0.25) is 0 Å². The molecule has 1 amide bonds. The Kier molecular flexibility index (Phi) is 3.45. The molecule has 0 spiro atoms. The first-order valence-corrected chi connectivity index (χ1v) is 6.62. The molecule has 1 aromatic rings. The third kappa shape index (κ3) is 2.33. The molecule has 1 fully saturated rings. The minimum Gasteiger partial charge on any atom is -0.397 e. The predicted octanol–water partition coefficient (Wildman–Crippen LogP) is 2.78. The lowest BCUT2D eigenvalue weighted by molar-refractivity contribution is -0.117. The average molecular weight is 358 g/mol. The molecule has 88 valence electrons. The van der Waals surface area contributed by atoms with Crippen molar-refractivity contribution in [1.29, 1.82) is 0 Å². The van der Waals surface area contributed by atoms with Crippen molar-refractivity contribution in [1.82, 2.24) is 0 Å². The molecule has 2 rings (SSSR count). The number of amides is 1. The summed E-state index contributed by atoms with van der Waals surface area (Å²) in [5, 5.41) is 0. The Morgan fingerprint density at radius 1 is 1.41 bits per heavy atom. The molecule has 0 radical (unpaired) electrons. The van der Waals surface area contributed by atoms with Gasteiger partial charge in [-0.05, 0) is 44.0 Å². The van der Waals surface area contributed by atoms with Crippen molar-refractivity contribution >= 4 is 49.1 Å². The Bertz CT molecular complexity index is 522. The molecule has 0 aromatic heterocycles. The average Bonchev–Trinajstić information content (AvgIpc) is 2.65. The maximum atomic E-state index is 11.8. The first kappa shape index (κ1) is 12.5. The third-order valence-corrected chi connectivity index (χ3v) is 4.57. The first-order valence-electron chi connectivity index (χ1n) is 5.04. The van der Waals surface area contributed by atoms with E-state index in [1.165, 1.54) is 0 Å². The molecule has 17 heavy (non-hydrogen) atoms. The van der Waals surface area contributed by atoms with Crippen LogP contribution in [-0.2, 0) is 4.79 Å². The number of hydrogen-bond donors (Lipinski definition) is 1. The number of anilines is 2. The van der Waals surface area contributed by atoms with Crippen LogP contribution in [0.3, 0.4) is 0 Å². The van der Waals surface area contributed by atoms with Gasteiger partial charge < -0.3 is 10.6 Å². The highest BCUT2D eigenvalue weighted by atomic mass is 79.9. The molecule has 1 atom stereocenters. The van der Waals surface area contributed by atoms with Crippen LogP contribution in [0.25, 0.3) is 0 Å². The number of carbonyl (C=O) groups is 1. The largest absolute Gasteiger partial charge is 0.397 e. The number of nitrogen functional groups attached to an aromatic ring is 1. The van der Waals surface area contributed by atoms with E-state index >= 15 is 0 Å². The van der Waals surface area contributed by atoms with Gasteiger partial charge in [0.05, 0.1) is 11.4 Å². The lowest BCUT2D eigenvalue weighted by Gasteiger charge is -2.19. The van der Waals surface area contributed by atoms with Gasteiger partial charge in [0.15, 0.2) is 0 Å². The van der Waals surface area contributed by atoms with E-state index in [0.29, 0.717) is 24.3 Å². The first-order chi connectivity index (χ1) is 8.02. The van der Waals surface area contributed by atoms with E-state index < -0.39 is 0 Å². The fraction of sp³-hybridized carbons (Fsp3) is 0.250. The highest BCUT2D eigenvalue weighted by Crippen LogP contribution is 2.36. The number of benzene rings is 1. The van der Waals surface area contributed by atoms with Crippen LogP contribution >= 0.6 is 31.9 Å². The maximum absolute atomic E-state index is 11.8. The molecular formula is C12H10Br2N2O. The Balaban J connectivity index is 2.39. The highest BCUT2D eigenvalue weighted by molar-refractivity contribution is 9.13. The van der Waals surface area contributed by atoms with Crippen molar-refractivity contribution in [3.05, 3.63) is 21.1 Å². The summed E-state index contributed by atoms with van der Waals surface area (Å²) >= 11 is 6.77. The normalized spacial score (nSPS) is 19.5. The number of halogens is 2. The van der Waals surface area contributed by atoms with Gasteiger partial charge in [0, 0.05) is 27.8 Å². The van der Waals surface area contributed by atoms with Crippen LogP contribution in [0.4, 0.5) is 11.4 Å². The lowest BCUT2D eigenvalue weighted by atomic mass is 10.1. The smallest absolute Gasteiger partial charge is 0.228 e. The van der Waals surface area contributed by atoms with Crippen LogP contribution in [0.5, 0.6) is 0 Å². The van der Waals surface area contributed by atoms with Gasteiger partial charge in [-0.2, -0.15) is 0 Å². The van der Waals surface area contributed by atoms with E-state index in [9.17, 15) is 4.79 Å². The second-order valence-corrected chi connectivity index (χ2v) is 5.61. The quantitative estimate of drug-likeness (QED) is 0.620. The van der Waals surface area contributed by atoms with Gasteiger partial charge in [0.1, 0.15) is 0 Å². The molecule has 1 saturated heterocycles. The summed E-state index contributed by atoms with van der Waals surface area (Å²) in [7, 11) is 0. The molecule has 1 aliphatic heterocycles. The number of rotatable bonds is 1. The second-order valence-electron chi connectivity index (χ2n) is 3.90. The zero-order valence-electron chi connectivity index (χ0n) is 8.91. The Morgan fingerprint density at radius 2 is 2.06 bits per heavy atom. The van der Waals surface area contributed by atoms with E-state index in [-0.39, 0.29) is 11.8 Å². The van der Waals surface area contributed by atoms with Crippen LogP contribution in [0, 0.1) is 18.3 Å². The summed E-state index contributed by atoms with van der Waals surface area (Å²) in [5.41, 5.74) is 7.19. The zero-order chi connectivity index (χ0) is 12.6. The Morgan fingerprint density at radius 3 is 2.65 bits per heavy atom. The lowest BCUT2D eigenvalue weighted by Crippen LogP contribution is -2.25. The van der Waals surface area contributed by atoms with Crippen molar-refractivity contribution < 1.29 is 4.79 Å². The van der Waals surface area contributed by atoms with E-state index in [2.05, 4.69) is 37.8 Å². The molecule has 1 unspecified atom stereocenters. The minimum atomic E-state index is -0.0238. The van der Waals surface area contributed by atoms with Gasteiger partial charge in [-0.25, -0.2) is 0 Å². The standard InChI is InChI=1S/C12H10Br2N2O/c1-2-7-3-12(17)16(6-7)11-5-9(14)8(13)4-10(11)15/h1,4-5,7H,3,6,15H2. The molecule has 1 aliphatic rings. The van der Waals surface area contributed by atoms with Gasteiger partial charge in [-0.15, -0.1) is 12.3 Å². The van der Waals surface area contributed by atoms with Crippen LogP contribution < -0.4 is 10.6 Å². The SMILES string of the molecule is C#CC1CC(=O)N(c2cc(Br)c(Br)cc2N)C1. The molecule has 3 nitrogen and oxygen atoms in total. The molecule has 1 heterocycles. The van der Waals surface area contributed by atoms with Crippen molar-refractivity contribution in [2.45, 2.75) is 6.42 Å². The van der Waals surface area contributed by atoms with E-state index in [1.54, 1.807) is 11.0 Å². The number of nitrogens with zero attached hydrogens (tertiary/aromatic N) is 1. The molecule has 1 aromatic carbocycles. The summed E-state index contributed by atoms with van der Waals surface area (Å²) in [6.07, 6.45) is 5.74. The molecule has 0 saturated carbocycles. The van der Waals surface area contributed by atoms with Gasteiger partial charge in [0.25, 0.3) is 0 Å². The zero-order valence-corrected chi connectivity index (χ0v) is 12.1. The van der Waals surface area contributed by atoms with Crippen LogP contribution in [0.15, 0.2) is 21.1 Å². The maximum Gasteiger partial charge on any atom is 0.228 e. The third-order valence-electron chi connectivity index (χ3n) is 2.72. The summed E-state index contributed by atoms with van der Waals surface area (Å²) in [5.74, 6) is 2.61. The minimum absolute atomic E-state index is 0.0221. The van der Waals surface area contributed by atoms with Crippen molar-refractivity contribution in [2.24, 2.45) is 5.92 Å². The summed E-state index contributed by atoms with van der Waals surface area (Å²) in [6, 6.07) is 3.60. The van der Waals surface area contributed by atoms with Crippen LogP contribution in [-0.4, -0.2) is 12.5 Å². The van der Waals surface area contributed by atoms with Gasteiger partial charge in [-0.1, -0.05) is 0 Å². The molecule has 2 N–H and O–H groups in total. The Hall–Kier alpha value is -0.990. The summed E-state index contributed by atoms with van der Waals surface area (Å²) < 4.78 is 1.72. The molecule has 0 aliphatic carbocycles. The molecule has 0 bridgehead atoms. The predicted molar refractivity (Wildman–Crippen MR) is 75.5 cm³/mol. The molecular weight excluding hydrogens is 348 g/mol.